The van der Waals surface area contributed by atoms with Gasteiger partial charge in [-0.1, -0.05) is 31.4 Å². The number of aliphatic carboxylic acids is 1. The van der Waals surface area contributed by atoms with Gasteiger partial charge in [0.25, 0.3) is 0 Å². The Balaban J connectivity index is 1.46. The van der Waals surface area contributed by atoms with Crippen LogP contribution >= 0.6 is 0 Å². The number of alkyl halides is 3. The van der Waals surface area contributed by atoms with Gasteiger partial charge in [-0.15, -0.1) is 0 Å². The van der Waals surface area contributed by atoms with E-state index in [9.17, 15) is 22.8 Å². The molecule has 2 aromatic carbocycles. The van der Waals surface area contributed by atoms with Crippen molar-refractivity contribution >= 4 is 17.6 Å². The molecule has 0 radical (unpaired) electrons. The molecule has 1 saturated carbocycles. The van der Waals surface area contributed by atoms with E-state index < -0.39 is 23.8 Å². The van der Waals surface area contributed by atoms with Gasteiger partial charge in [0.15, 0.2) is 0 Å². The summed E-state index contributed by atoms with van der Waals surface area (Å²) < 4.78 is 47.3. The zero-order chi connectivity index (χ0) is 25.9. The summed E-state index contributed by atoms with van der Waals surface area (Å²) in [4.78, 5) is 25.4. The van der Waals surface area contributed by atoms with Gasteiger partial charge in [0.1, 0.15) is 12.4 Å². The maximum atomic E-state index is 13.8. The zero-order valence-corrected chi connectivity index (χ0v) is 20.2. The SMILES string of the molecule is CNC(CC(=O)O)C(=O)N1CCc2cc(OCc3ccc(C4CCCCC4)c(C(F)(F)F)c3)ccc21. The lowest BCUT2D eigenvalue weighted by Crippen LogP contribution is -2.45. The molecule has 0 spiro atoms. The highest BCUT2D eigenvalue weighted by Gasteiger charge is 2.36. The first-order chi connectivity index (χ1) is 17.2. The first kappa shape index (κ1) is 26.0. The summed E-state index contributed by atoms with van der Waals surface area (Å²) in [6, 6.07) is 8.90. The lowest BCUT2D eigenvalue weighted by atomic mass is 9.81. The molecule has 2 N–H and O–H groups in total. The van der Waals surface area contributed by atoms with Crippen LogP contribution in [0.5, 0.6) is 5.75 Å². The van der Waals surface area contributed by atoms with E-state index in [2.05, 4.69) is 5.32 Å². The maximum absolute atomic E-state index is 13.8. The summed E-state index contributed by atoms with van der Waals surface area (Å²) in [7, 11) is 1.55. The minimum atomic E-state index is -4.42. The topological polar surface area (TPSA) is 78.9 Å². The van der Waals surface area contributed by atoms with Gasteiger partial charge in [-0.25, -0.2) is 0 Å². The third kappa shape index (κ3) is 5.83. The van der Waals surface area contributed by atoms with Crippen LogP contribution in [0.3, 0.4) is 0 Å². The highest BCUT2D eigenvalue weighted by Crippen LogP contribution is 2.41. The third-order valence-corrected chi connectivity index (χ3v) is 7.11. The predicted octanol–water partition coefficient (Wildman–Crippen LogP) is 5.28. The molecular weight excluding hydrogens is 473 g/mol. The molecule has 1 unspecified atom stereocenters. The summed E-state index contributed by atoms with van der Waals surface area (Å²) in [6.07, 6.45) is 0.426. The molecule has 1 fully saturated rings. The Morgan fingerprint density at radius 1 is 1.14 bits per heavy atom. The molecule has 0 saturated heterocycles. The fraction of sp³-hybridized carbons (Fsp3) is 0.481. The van der Waals surface area contributed by atoms with Crippen molar-refractivity contribution in [2.75, 3.05) is 18.5 Å². The summed E-state index contributed by atoms with van der Waals surface area (Å²) in [5.41, 5.74) is 1.82. The second-order valence-electron chi connectivity index (χ2n) is 9.51. The predicted molar refractivity (Wildman–Crippen MR) is 129 cm³/mol. The van der Waals surface area contributed by atoms with Crippen molar-refractivity contribution in [2.24, 2.45) is 0 Å². The number of anilines is 1. The van der Waals surface area contributed by atoms with Gasteiger partial charge in [-0.3, -0.25) is 9.59 Å². The number of nitrogens with zero attached hydrogens (tertiary/aromatic N) is 1. The minimum Gasteiger partial charge on any atom is -0.489 e. The van der Waals surface area contributed by atoms with E-state index in [0.717, 1.165) is 37.7 Å². The second-order valence-corrected chi connectivity index (χ2v) is 9.51. The fourth-order valence-corrected chi connectivity index (χ4v) is 5.25. The molecular formula is C27H31F3N2O4. The van der Waals surface area contributed by atoms with Crippen molar-refractivity contribution < 1.29 is 32.6 Å². The Morgan fingerprint density at radius 2 is 1.89 bits per heavy atom. The number of hydrogen-bond donors (Lipinski definition) is 2. The number of ether oxygens (including phenoxy) is 1. The number of benzene rings is 2. The Morgan fingerprint density at radius 3 is 2.56 bits per heavy atom. The minimum absolute atomic E-state index is 0.00407. The number of carboxylic acids is 1. The van der Waals surface area contributed by atoms with Crippen LogP contribution in [0.25, 0.3) is 0 Å². The van der Waals surface area contributed by atoms with Crippen molar-refractivity contribution in [2.45, 2.75) is 69.7 Å². The van der Waals surface area contributed by atoms with Gasteiger partial charge < -0.3 is 20.1 Å². The zero-order valence-electron chi connectivity index (χ0n) is 20.2. The van der Waals surface area contributed by atoms with Crippen LogP contribution < -0.4 is 15.0 Å². The van der Waals surface area contributed by atoms with E-state index in [1.165, 1.54) is 6.07 Å². The molecule has 1 aliphatic carbocycles. The summed E-state index contributed by atoms with van der Waals surface area (Å²) in [5, 5.41) is 11.8. The Bertz CT molecular complexity index is 1110. The van der Waals surface area contributed by atoms with Crippen LogP contribution in [0, 0.1) is 0 Å². The van der Waals surface area contributed by atoms with Crippen molar-refractivity contribution in [3.05, 3.63) is 58.7 Å². The molecule has 36 heavy (non-hydrogen) atoms. The first-order valence-electron chi connectivity index (χ1n) is 12.3. The molecule has 0 aromatic heterocycles. The van der Waals surface area contributed by atoms with Crippen molar-refractivity contribution in [3.63, 3.8) is 0 Å². The number of fused-ring (bicyclic) bond motifs is 1. The molecule has 6 nitrogen and oxygen atoms in total. The number of carbonyl (C=O) groups excluding carboxylic acids is 1. The standard InChI is InChI=1S/C27H31F3N2O4/c1-31-23(15-25(33)34)26(35)32-12-11-19-14-20(8-10-24(19)32)36-16-17-7-9-21(18-5-3-2-4-6-18)22(13-17)27(28,29)30/h7-10,13-14,18,23,31H,2-6,11-12,15-16H2,1H3,(H,33,34). The van der Waals surface area contributed by atoms with E-state index in [1.54, 1.807) is 42.3 Å². The monoisotopic (exact) mass is 504 g/mol. The van der Waals surface area contributed by atoms with Gasteiger partial charge in [-0.05, 0) is 73.2 Å². The molecule has 9 heteroatoms. The van der Waals surface area contributed by atoms with E-state index in [-0.39, 0.29) is 24.9 Å². The number of carboxylic acid groups (broad SMARTS) is 1. The Kier molecular flexibility index (Phi) is 7.88. The number of carbonyl (C=O) groups is 2. The van der Waals surface area contributed by atoms with Gasteiger partial charge >= 0.3 is 12.1 Å². The molecule has 2 aromatic rings. The Hall–Kier alpha value is -3.07. The number of nitrogens with one attached hydrogen (secondary N) is 1. The van der Waals surface area contributed by atoms with Gasteiger partial charge in [0.2, 0.25) is 5.91 Å². The lowest BCUT2D eigenvalue weighted by molar-refractivity contribution is -0.139. The van der Waals surface area contributed by atoms with E-state index in [1.807, 2.05) is 0 Å². The summed E-state index contributed by atoms with van der Waals surface area (Å²) >= 11 is 0. The average molecular weight is 505 g/mol. The van der Waals surface area contributed by atoms with E-state index in [4.69, 9.17) is 9.84 Å². The van der Waals surface area contributed by atoms with Crippen LogP contribution in [-0.2, 0) is 28.8 Å². The molecule has 1 aliphatic heterocycles. The highest BCUT2D eigenvalue weighted by atomic mass is 19.4. The van der Waals surface area contributed by atoms with Crippen LogP contribution in [0.4, 0.5) is 18.9 Å². The van der Waals surface area contributed by atoms with E-state index in [0.29, 0.717) is 35.5 Å². The normalized spacial score (nSPS) is 17.1. The van der Waals surface area contributed by atoms with Crippen LogP contribution in [-0.4, -0.2) is 36.6 Å². The lowest BCUT2D eigenvalue weighted by Gasteiger charge is -2.25. The number of rotatable bonds is 8. The van der Waals surface area contributed by atoms with Crippen LogP contribution in [0.15, 0.2) is 36.4 Å². The third-order valence-electron chi connectivity index (χ3n) is 7.11. The van der Waals surface area contributed by atoms with Gasteiger partial charge in [0, 0.05) is 12.2 Å². The number of hydrogen-bond acceptors (Lipinski definition) is 4. The van der Waals surface area contributed by atoms with Crippen LogP contribution in [0.2, 0.25) is 0 Å². The Labute approximate surface area is 208 Å². The molecule has 194 valence electrons. The van der Waals surface area contributed by atoms with Gasteiger partial charge in [-0.2, -0.15) is 13.2 Å². The average Bonchev–Trinajstić information content (AvgIpc) is 3.28. The number of amides is 1. The highest BCUT2D eigenvalue weighted by molar-refractivity contribution is 6.00. The molecule has 2 aliphatic rings. The summed E-state index contributed by atoms with van der Waals surface area (Å²) in [6.45, 7) is 0.420. The van der Waals surface area contributed by atoms with Crippen molar-refractivity contribution in [3.8, 4) is 5.75 Å². The molecule has 4 rings (SSSR count). The first-order valence-corrected chi connectivity index (χ1v) is 12.3. The van der Waals surface area contributed by atoms with Crippen molar-refractivity contribution in [1.82, 2.24) is 5.32 Å². The molecule has 1 amide bonds. The summed E-state index contributed by atoms with van der Waals surface area (Å²) in [5.74, 6) is -0.925. The fourth-order valence-electron chi connectivity index (χ4n) is 5.25. The number of halogens is 3. The van der Waals surface area contributed by atoms with E-state index >= 15 is 0 Å². The maximum Gasteiger partial charge on any atom is 0.416 e. The molecule has 1 heterocycles. The van der Waals surface area contributed by atoms with Crippen molar-refractivity contribution in [1.29, 1.82) is 0 Å². The number of likely N-dealkylation sites (N-methyl/N-ethyl adjacent to an activating group) is 1. The quantitative estimate of drug-likeness (QED) is 0.511. The van der Waals surface area contributed by atoms with Gasteiger partial charge in [0.05, 0.1) is 18.0 Å². The second kappa shape index (κ2) is 10.9. The van der Waals surface area contributed by atoms with Crippen LogP contribution in [0.1, 0.15) is 66.7 Å². The molecule has 1 atom stereocenters. The smallest absolute Gasteiger partial charge is 0.416 e. The molecule has 0 bridgehead atoms. The largest absolute Gasteiger partial charge is 0.489 e.